The topological polar surface area (TPSA) is 94.6 Å². The predicted molar refractivity (Wildman–Crippen MR) is 112 cm³/mol. The van der Waals surface area contributed by atoms with Gasteiger partial charge in [-0.1, -0.05) is 30.0 Å². The van der Waals surface area contributed by atoms with Gasteiger partial charge in [-0.15, -0.1) is 11.3 Å². The molecule has 3 rings (SSSR count). The molecule has 1 aliphatic heterocycles. The van der Waals surface area contributed by atoms with Gasteiger partial charge in [-0.25, -0.2) is 9.78 Å². The van der Waals surface area contributed by atoms with Crippen LogP contribution in [0, 0.1) is 0 Å². The zero-order valence-corrected chi connectivity index (χ0v) is 17.1. The molecule has 0 unspecified atom stereocenters. The summed E-state index contributed by atoms with van der Waals surface area (Å²) in [4.78, 5) is 29.1. The van der Waals surface area contributed by atoms with Crippen molar-refractivity contribution in [3.8, 4) is 0 Å². The van der Waals surface area contributed by atoms with Crippen LogP contribution in [0.1, 0.15) is 23.3 Å². The number of carboxylic acids is 1. The lowest BCUT2D eigenvalue weighted by Crippen LogP contribution is -2.42. The number of thiazole rings is 1. The average Bonchev–Trinajstić information content (AvgIpc) is 3.30. The van der Waals surface area contributed by atoms with E-state index < -0.39 is 5.97 Å². The van der Waals surface area contributed by atoms with E-state index in [9.17, 15) is 9.59 Å². The zero-order chi connectivity index (χ0) is 19.8. The van der Waals surface area contributed by atoms with Crippen molar-refractivity contribution in [2.45, 2.75) is 23.2 Å². The quantitative estimate of drug-likeness (QED) is 0.380. The standard InChI is InChI=1S/C19H24N4O3S2/c24-17-7-6-15(12-20-8-9-21-14-4-2-1-3-5-14)23(17)10-11-27-19-22-16(13-28-19)18(25)26/h1-5,13,15,20-21H,6-12H2,(H,25,26)/t15-/m1/s1. The number of hydrogen-bond donors (Lipinski definition) is 3. The first-order valence-corrected chi connectivity index (χ1v) is 11.1. The number of carbonyl (C=O) groups excluding carboxylic acids is 1. The summed E-state index contributed by atoms with van der Waals surface area (Å²) < 4.78 is 0.728. The average molecular weight is 421 g/mol. The molecule has 150 valence electrons. The van der Waals surface area contributed by atoms with Crippen LogP contribution in [0.2, 0.25) is 0 Å². The number of carboxylic acid groups (broad SMARTS) is 1. The van der Waals surface area contributed by atoms with E-state index in [1.807, 2.05) is 35.2 Å². The Bertz CT molecular complexity index is 784. The van der Waals surface area contributed by atoms with Crippen molar-refractivity contribution in [1.29, 1.82) is 0 Å². The van der Waals surface area contributed by atoms with Gasteiger partial charge in [-0.3, -0.25) is 4.79 Å². The van der Waals surface area contributed by atoms with Gasteiger partial charge in [-0.2, -0.15) is 0 Å². The minimum absolute atomic E-state index is 0.0796. The Morgan fingerprint density at radius 1 is 1.32 bits per heavy atom. The van der Waals surface area contributed by atoms with Crippen LogP contribution in [0.3, 0.4) is 0 Å². The fourth-order valence-corrected chi connectivity index (χ4v) is 4.89. The van der Waals surface area contributed by atoms with Gasteiger partial charge >= 0.3 is 5.97 Å². The third-order valence-corrected chi connectivity index (χ3v) is 6.50. The van der Waals surface area contributed by atoms with Gasteiger partial charge in [0.05, 0.1) is 0 Å². The first-order chi connectivity index (χ1) is 13.6. The molecule has 0 bridgehead atoms. The summed E-state index contributed by atoms with van der Waals surface area (Å²) in [5.41, 5.74) is 1.18. The van der Waals surface area contributed by atoms with Gasteiger partial charge in [0, 0.05) is 55.5 Å². The van der Waals surface area contributed by atoms with Crippen LogP contribution in [0.5, 0.6) is 0 Å². The summed E-state index contributed by atoms with van der Waals surface area (Å²) in [5, 5.41) is 17.3. The number of para-hydroxylation sites is 1. The third-order valence-electron chi connectivity index (χ3n) is 4.50. The number of hydrogen-bond acceptors (Lipinski definition) is 7. The molecule has 28 heavy (non-hydrogen) atoms. The summed E-state index contributed by atoms with van der Waals surface area (Å²) in [5.74, 6) is -0.101. The SMILES string of the molecule is O=C(O)c1csc(SCCN2C(=O)CC[C@@H]2CNCCNc2ccccc2)n1. The normalized spacial score (nSPS) is 16.5. The van der Waals surface area contributed by atoms with Crippen molar-refractivity contribution in [3.63, 3.8) is 0 Å². The molecule has 3 N–H and O–H groups in total. The van der Waals surface area contributed by atoms with Crippen molar-refractivity contribution in [2.24, 2.45) is 0 Å². The van der Waals surface area contributed by atoms with Crippen LogP contribution in [0.25, 0.3) is 0 Å². The molecule has 1 saturated heterocycles. The summed E-state index contributed by atoms with van der Waals surface area (Å²) in [6, 6.07) is 10.3. The van der Waals surface area contributed by atoms with Gasteiger partial charge in [0.1, 0.15) is 0 Å². The summed E-state index contributed by atoms with van der Waals surface area (Å²) in [6.45, 7) is 3.10. The summed E-state index contributed by atoms with van der Waals surface area (Å²) in [6.07, 6.45) is 1.47. The number of likely N-dealkylation sites (tertiary alicyclic amines) is 1. The minimum atomic E-state index is -1.01. The Morgan fingerprint density at radius 2 is 2.14 bits per heavy atom. The highest BCUT2D eigenvalue weighted by atomic mass is 32.2. The second-order valence-electron chi connectivity index (χ2n) is 6.43. The fraction of sp³-hybridized carbons (Fsp3) is 0.421. The maximum atomic E-state index is 12.2. The number of aromatic carboxylic acids is 1. The highest BCUT2D eigenvalue weighted by Crippen LogP contribution is 2.24. The molecule has 1 aromatic heterocycles. The van der Waals surface area contributed by atoms with E-state index in [1.165, 1.54) is 23.1 Å². The Balaban J connectivity index is 1.36. The molecule has 1 atom stereocenters. The largest absolute Gasteiger partial charge is 0.476 e. The molecular formula is C19H24N4O3S2. The van der Waals surface area contributed by atoms with Crippen LogP contribution in [-0.4, -0.2) is 64.8 Å². The Morgan fingerprint density at radius 3 is 2.89 bits per heavy atom. The number of amides is 1. The van der Waals surface area contributed by atoms with Crippen LogP contribution in [0.15, 0.2) is 40.1 Å². The number of rotatable bonds is 11. The third kappa shape index (κ3) is 5.95. The van der Waals surface area contributed by atoms with E-state index in [0.717, 1.165) is 36.1 Å². The molecule has 2 aromatic rings. The van der Waals surface area contributed by atoms with Crippen LogP contribution in [-0.2, 0) is 4.79 Å². The smallest absolute Gasteiger partial charge is 0.355 e. The maximum Gasteiger partial charge on any atom is 0.355 e. The first-order valence-electron chi connectivity index (χ1n) is 9.24. The van der Waals surface area contributed by atoms with Crippen LogP contribution in [0.4, 0.5) is 5.69 Å². The van der Waals surface area contributed by atoms with Crippen molar-refractivity contribution >= 4 is 40.7 Å². The molecule has 1 aromatic carbocycles. The number of thioether (sulfide) groups is 1. The Labute approximate surface area is 172 Å². The first kappa shape index (κ1) is 20.6. The lowest BCUT2D eigenvalue weighted by Gasteiger charge is -2.25. The number of benzene rings is 1. The highest BCUT2D eigenvalue weighted by molar-refractivity contribution is 8.01. The molecule has 7 nitrogen and oxygen atoms in total. The van der Waals surface area contributed by atoms with E-state index in [1.54, 1.807) is 5.38 Å². The molecule has 1 amide bonds. The second kappa shape index (κ2) is 10.4. The maximum absolute atomic E-state index is 12.2. The number of nitrogens with zero attached hydrogens (tertiary/aromatic N) is 2. The lowest BCUT2D eigenvalue weighted by atomic mass is 10.2. The molecule has 1 fully saturated rings. The van der Waals surface area contributed by atoms with Gasteiger partial charge < -0.3 is 20.6 Å². The van der Waals surface area contributed by atoms with Crippen molar-refractivity contribution in [2.75, 3.05) is 37.2 Å². The Kier molecular flexibility index (Phi) is 7.70. The van der Waals surface area contributed by atoms with Gasteiger partial charge in [0.2, 0.25) is 5.91 Å². The van der Waals surface area contributed by atoms with Crippen molar-refractivity contribution in [3.05, 3.63) is 41.4 Å². The van der Waals surface area contributed by atoms with Crippen LogP contribution >= 0.6 is 23.1 Å². The van der Waals surface area contributed by atoms with Gasteiger partial charge in [-0.05, 0) is 18.6 Å². The Hall–Kier alpha value is -2.10. The molecule has 0 radical (unpaired) electrons. The molecule has 1 aliphatic rings. The molecule has 0 saturated carbocycles. The number of aromatic nitrogens is 1. The molecule has 0 spiro atoms. The zero-order valence-electron chi connectivity index (χ0n) is 15.5. The van der Waals surface area contributed by atoms with Crippen molar-refractivity contribution in [1.82, 2.24) is 15.2 Å². The van der Waals surface area contributed by atoms with E-state index in [2.05, 4.69) is 15.6 Å². The van der Waals surface area contributed by atoms with Gasteiger partial charge in [0.25, 0.3) is 0 Å². The summed E-state index contributed by atoms with van der Waals surface area (Å²) in [7, 11) is 0. The molecule has 0 aliphatic carbocycles. The van der Waals surface area contributed by atoms with E-state index in [4.69, 9.17) is 5.11 Å². The molecule has 2 heterocycles. The minimum Gasteiger partial charge on any atom is -0.476 e. The summed E-state index contributed by atoms with van der Waals surface area (Å²) >= 11 is 2.83. The number of carbonyl (C=O) groups is 2. The van der Waals surface area contributed by atoms with Crippen molar-refractivity contribution < 1.29 is 14.7 Å². The molecule has 9 heteroatoms. The fourth-order valence-electron chi connectivity index (χ4n) is 3.09. The lowest BCUT2D eigenvalue weighted by molar-refractivity contribution is -0.128. The monoisotopic (exact) mass is 420 g/mol. The number of nitrogens with one attached hydrogen (secondary N) is 2. The number of anilines is 1. The second-order valence-corrected chi connectivity index (χ2v) is 8.63. The van der Waals surface area contributed by atoms with Crippen LogP contribution < -0.4 is 10.6 Å². The van der Waals surface area contributed by atoms with E-state index >= 15 is 0 Å². The predicted octanol–water partition coefficient (Wildman–Crippen LogP) is 2.63. The highest BCUT2D eigenvalue weighted by Gasteiger charge is 2.30. The molecular weight excluding hydrogens is 396 g/mol. The van der Waals surface area contributed by atoms with E-state index in [0.29, 0.717) is 18.7 Å². The van der Waals surface area contributed by atoms with E-state index in [-0.39, 0.29) is 17.6 Å². The van der Waals surface area contributed by atoms with Gasteiger partial charge in [0.15, 0.2) is 10.0 Å².